The number of aliphatic hydroxyl groups is 6. The monoisotopic (exact) mass is 554 g/mol. The topological polar surface area (TPSA) is 157 Å². The Kier molecular flexibility index (Phi) is 7.41. The van der Waals surface area contributed by atoms with Gasteiger partial charge in [-0.3, -0.25) is 4.79 Å². The van der Waals surface area contributed by atoms with Crippen LogP contribution in [0.1, 0.15) is 80.1 Å². The molecular formula is C30H50O9. The third kappa shape index (κ3) is 4.05. The molecule has 0 aromatic rings. The van der Waals surface area contributed by atoms with Crippen LogP contribution in [0.4, 0.5) is 0 Å². The van der Waals surface area contributed by atoms with Gasteiger partial charge in [-0.1, -0.05) is 34.6 Å². The highest BCUT2D eigenvalue weighted by atomic mass is 16.7. The van der Waals surface area contributed by atoms with Crippen molar-refractivity contribution in [1.82, 2.24) is 0 Å². The second-order valence-corrected chi connectivity index (χ2v) is 14.9. The summed E-state index contributed by atoms with van der Waals surface area (Å²) < 4.78 is 12.4. The van der Waals surface area contributed by atoms with Crippen LogP contribution in [-0.2, 0) is 14.3 Å². The standard InChI is InChI=1S/C30H50O9/c1-14(32)15-7-10-29(5)21(15)16(33)11-19-28(4)9-8-20(34)27(2,3)25(28)17(12-30(19,29)6)38-26-24(37)23(36)22(35)18(13-31)39-26/h15-26,31,33-37H,7-13H2,1-6H3/t15-,16-,17+,18-,19-,20+,21+,22-,23+,24-,25+,26-,28-,29-,30-/m1/s1. The largest absolute Gasteiger partial charge is 0.394 e. The van der Waals surface area contributed by atoms with E-state index in [2.05, 4.69) is 34.6 Å². The van der Waals surface area contributed by atoms with Crippen LogP contribution < -0.4 is 0 Å². The van der Waals surface area contributed by atoms with E-state index in [4.69, 9.17) is 9.47 Å². The molecule has 4 saturated carbocycles. The smallest absolute Gasteiger partial charge is 0.186 e. The second-order valence-electron chi connectivity index (χ2n) is 14.9. The molecule has 9 nitrogen and oxygen atoms in total. The van der Waals surface area contributed by atoms with Gasteiger partial charge in [-0.2, -0.15) is 0 Å². The lowest BCUT2D eigenvalue weighted by Crippen LogP contribution is -2.70. The van der Waals surface area contributed by atoms with Crippen molar-refractivity contribution in [2.45, 2.75) is 129 Å². The lowest BCUT2D eigenvalue weighted by molar-refractivity contribution is -0.346. The van der Waals surface area contributed by atoms with Gasteiger partial charge in [-0.25, -0.2) is 0 Å². The number of ether oxygens (including phenoxy) is 2. The van der Waals surface area contributed by atoms with Crippen molar-refractivity contribution in [1.29, 1.82) is 0 Å². The third-order valence-corrected chi connectivity index (χ3v) is 12.9. The predicted octanol–water partition coefficient (Wildman–Crippen LogP) is 1.39. The SMILES string of the molecule is CC(=O)[C@H]1CC[C@]2(C)[C@@H]1[C@H](O)C[C@@H]1[C@@]3(C)CC[C@H](O)C(C)(C)[C@@H]3[C@@H](O[C@@H]3O[C@H](CO)[C@@H](O)[C@H](O)[C@H]3O)C[C@]12C. The maximum Gasteiger partial charge on any atom is 0.186 e. The van der Waals surface area contributed by atoms with E-state index in [9.17, 15) is 35.4 Å². The normalized spacial score (nSPS) is 56.8. The van der Waals surface area contributed by atoms with Crippen molar-refractivity contribution in [3.8, 4) is 0 Å². The molecule has 0 radical (unpaired) electrons. The molecule has 0 bridgehead atoms. The van der Waals surface area contributed by atoms with Crippen LogP contribution in [0.3, 0.4) is 0 Å². The number of hydrogen-bond donors (Lipinski definition) is 6. The Bertz CT molecular complexity index is 955. The number of Topliss-reactive ketones (excluding diaryl/α,β-unsaturated/α-hetero) is 1. The first-order chi connectivity index (χ1) is 18.0. The van der Waals surface area contributed by atoms with Crippen molar-refractivity contribution in [2.75, 3.05) is 6.61 Å². The van der Waals surface area contributed by atoms with Gasteiger partial charge in [0, 0.05) is 11.8 Å². The summed E-state index contributed by atoms with van der Waals surface area (Å²) >= 11 is 0. The molecule has 1 saturated heterocycles. The fourth-order valence-electron chi connectivity index (χ4n) is 10.8. The first-order valence-electron chi connectivity index (χ1n) is 14.9. The molecule has 0 aromatic carbocycles. The molecule has 5 aliphatic rings. The molecule has 5 rings (SSSR count). The van der Waals surface area contributed by atoms with Crippen LogP contribution in [0.15, 0.2) is 0 Å². The van der Waals surface area contributed by atoms with Crippen molar-refractivity contribution < 1.29 is 44.9 Å². The van der Waals surface area contributed by atoms with E-state index < -0.39 is 61.0 Å². The molecule has 1 heterocycles. The van der Waals surface area contributed by atoms with Gasteiger partial charge in [-0.05, 0) is 78.9 Å². The molecule has 9 heteroatoms. The fourth-order valence-corrected chi connectivity index (χ4v) is 10.8. The van der Waals surface area contributed by atoms with Gasteiger partial charge in [-0.15, -0.1) is 0 Å². The molecule has 0 spiro atoms. The van der Waals surface area contributed by atoms with E-state index >= 15 is 0 Å². The van der Waals surface area contributed by atoms with Crippen LogP contribution in [0, 0.1) is 45.3 Å². The number of fused-ring (bicyclic) bond motifs is 5. The average molecular weight is 555 g/mol. The number of ketones is 1. The number of hydrogen-bond acceptors (Lipinski definition) is 9. The van der Waals surface area contributed by atoms with Crippen LogP contribution >= 0.6 is 0 Å². The highest BCUT2D eigenvalue weighted by Gasteiger charge is 2.73. The molecule has 224 valence electrons. The van der Waals surface area contributed by atoms with Crippen molar-refractivity contribution in [2.24, 2.45) is 45.3 Å². The average Bonchev–Trinajstić information content (AvgIpc) is 3.24. The zero-order valence-electron chi connectivity index (χ0n) is 24.3. The summed E-state index contributed by atoms with van der Waals surface area (Å²) in [5, 5.41) is 64.2. The highest BCUT2D eigenvalue weighted by molar-refractivity contribution is 5.79. The molecule has 4 aliphatic carbocycles. The highest BCUT2D eigenvalue weighted by Crippen LogP contribution is 2.75. The lowest BCUT2D eigenvalue weighted by atomic mass is 9.34. The molecule has 6 N–H and O–H groups in total. The Balaban J connectivity index is 1.58. The molecule has 39 heavy (non-hydrogen) atoms. The summed E-state index contributed by atoms with van der Waals surface area (Å²) in [6.45, 7) is 12.0. The van der Waals surface area contributed by atoms with E-state index in [1.54, 1.807) is 6.92 Å². The minimum Gasteiger partial charge on any atom is -0.394 e. The van der Waals surface area contributed by atoms with E-state index in [1.165, 1.54) is 0 Å². The summed E-state index contributed by atoms with van der Waals surface area (Å²) in [4.78, 5) is 12.7. The van der Waals surface area contributed by atoms with E-state index in [-0.39, 0.29) is 45.7 Å². The number of carbonyl (C=O) groups is 1. The third-order valence-electron chi connectivity index (χ3n) is 12.9. The van der Waals surface area contributed by atoms with Gasteiger partial charge in [0.25, 0.3) is 0 Å². The Morgan fingerprint density at radius 3 is 2.21 bits per heavy atom. The number of aliphatic hydroxyl groups excluding tert-OH is 6. The molecule has 15 atom stereocenters. The minimum absolute atomic E-state index is 0.124. The Labute approximate surface area is 231 Å². The second kappa shape index (κ2) is 9.69. The molecule has 0 amide bonds. The molecule has 1 aliphatic heterocycles. The van der Waals surface area contributed by atoms with Gasteiger partial charge in [0.15, 0.2) is 6.29 Å². The van der Waals surface area contributed by atoms with Gasteiger partial charge in [0.1, 0.15) is 30.2 Å². The molecular weight excluding hydrogens is 504 g/mol. The van der Waals surface area contributed by atoms with Crippen LogP contribution in [0.2, 0.25) is 0 Å². The Morgan fingerprint density at radius 1 is 0.923 bits per heavy atom. The summed E-state index contributed by atoms with van der Waals surface area (Å²) in [6, 6.07) is 0. The predicted molar refractivity (Wildman–Crippen MR) is 141 cm³/mol. The van der Waals surface area contributed by atoms with E-state index in [0.717, 1.165) is 19.3 Å². The zero-order valence-corrected chi connectivity index (χ0v) is 24.3. The minimum atomic E-state index is -1.54. The maximum atomic E-state index is 12.7. The quantitative estimate of drug-likeness (QED) is 0.283. The fraction of sp³-hybridized carbons (Fsp3) is 0.967. The number of rotatable bonds is 4. The molecule has 0 aromatic heterocycles. The molecule has 0 unspecified atom stereocenters. The lowest BCUT2D eigenvalue weighted by Gasteiger charge is -2.71. The van der Waals surface area contributed by atoms with E-state index in [0.29, 0.717) is 19.3 Å². The first-order valence-corrected chi connectivity index (χ1v) is 14.9. The number of carbonyl (C=O) groups excluding carboxylic acids is 1. The van der Waals surface area contributed by atoms with Crippen LogP contribution in [0.5, 0.6) is 0 Å². The van der Waals surface area contributed by atoms with Gasteiger partial charge in [0.05, 0.1) is 24.9 Å². The Hall–Kier alpha value is -0.650. The molecule has 5 fully saturated rings. The summed E-state index contributed by atoms with van der Waals surface area (Å²) in [7, 11) is 0. The van der Waals surface area contributed by atoms with Crippen molar-refractivity contribution >= 4 is 5.78 Å². The zero-order chi connectivity index (χ0) is 28.9. The van der Waals surface area contributed by atoms with Crippen LogP contribution in [-0.4, -0.2) is 92.0 Å². The summed E-state index contributed by atoms with van der Waals surface area (Å²) in [5.74, 6) is -0.232. The first kappa shape index (κ1) is 29.8. The van der Waals surface area contributed by atoms with Gasteiger partial charge in [0.2, 0.25) is 0 Å². The van der Waals surface area contributed by atoms with E-state index in [1.807, 2.05) is 0 Å². The Morgan fingerprint density at radius 2 is 1.59 bits per heavy atom. The summed E-state index contributed by atoms with van der Waals surface area (Å²) in [6.07, 6.45) is -4.37. The van der Waals surface area contributed by atoms with Gasteiger partial charge < -0.3 is 40.1 Å². The van der Waals surface area contributed by atoms with Crippen molar-refractivity contribution in [3.05, 3.63) is 0 Å². The van der Waals surface area contributed by atoms with Crippen LogP contribution in [0.25, 0.3) is 0 Å². The van der Waals surface area contributed by atoms with Gasteiger partial charge >= 0.3 is 0 Å². The maximum absolute atomic E-state index is 12.7. The summed E-state index contributed by atoms with van der Waals surface area (Å²) in [5.41, 5.74) is -1.51. The van der Waals surface area contributed by atoms with Crippen molar-refractivity contribution in [3.63, 3.8) is 0 Å².